The van der Waals surface area contributed by atoms with Gasteiger partial charge in [0.05, 0.1) is 9.79 Å². The number of rotatable bonds is 14. The lowest BCUT2D eigenvalue weighted by atomic mass is 9.86. The minimum atomic E-state index is -0.0562. The predicted octanol–water partition coefficient (Wildman–Crippen LogP) is 9.09. The molecule has 0 bridgehead atoms. The third kappa shape index (κ3) is 9.72. The van der Waals surface area contributed by atoms with Crippen molar-refractivity contribution in [1.82, 2.24) is 9.80 Å². The lowest BCUT2D eigenvalue weighted by Gasteiger charge is -2.27. The maximum absolute atomic E-state index is 11.6. The number of benzene rings is 2. The maximum Gasteiger partial charge on any atom is 0.134 e. The summed E-state index contributed by atoms with van der Waals surface area (Å²) in [6.45, 7) is 27.7. The van der Waals surface area contributed by atoms with Crippen LogP contribution in [-0.4, -0.2) is 46.2 Å². The lowest BCUT2D eigenvalue weighted by Crippen LogP contribution is -2.25. The summed E-state index contributed by atoms with van der Waals surface area (Å²) >= 11 is 1.50. The van der Waals surface area contributed by atoms with Gasteiger partial charge in [-0.15, -0.1) is 0 Å². The van der Waals surface area contributed by atoms with Gasteiger partial charge in [0.2, 0.25) is 0 Å². The Kier molecular flexibility index (Phi) is 12.7. The monoisotopic (exact) mass is 556 g/mol. The summed E-state index contributed by atoms with van der Waals surface area (Å²) < 4.78 is 0. The summed E-state index contributed by atoms with van der Waals surface area (Å²) in [5, 5.41) is 23.1. The SMILES string of the molecule is CCCN(CCC)Cc1cc(C(C)(C)C)cc(Sc2cc(C(C)(C)C)cc(CN(CCC)CCC)c2O)c1O. The van der Waals surface area contributed by atoms with Gasteiger partial charge in [0.15, 0.2) is 0 Å². The molecule has 0 amide bonds. The van der Waals surface area contributed by atoms with Crippen molar-refractivity contribution < 1.29 is 10.2 Å². The molecule has 2 rings (SSSR count). The molecule has 0 saturated carbocycles. The van der Waals surface area contributed by atoms with Gasteiger partial charge in [-0.1, -0.05) is 93.1 Å². The van der Waals surface area contributed by atoms with Crippen LogP contribution in [0, 0.1) is 0 Å². The van der Waals surface area contributed by atoms with Gasteiger partial charge in [0.25, 0.3) is 0 Å². The van der Waals surface area contributed by atoms with Crippen molar-refractivity contribution in [3.63, 3.8) is 0 Å². The van der Waals surface area contributed by atoms with Crippen molar-refractivity contribution in [3.8, 4) is 11.5 Å². The minimum Gasteiger partial charge on any atom is -0.506 e. The first-order valence-electron chi connectivity index (χ1n) is 15.1. The zero-order valence-electron chi connectivity index (χ0n) is 26.6. The van der Waals surface area contributed by atoms with E-state index in [-0.39, 0.29) is 10.8 Å². The maximum atomic E-state index is 11.6. The summed E-state index contributed by atoms with van der Waals surface area (Å²) in [6, 6.07) is 8.61. The molecule has 2 N–H and O–H groups in total. The van der Waals surface area contributed by atoms with Crippen molar-refractivity contribution in [2.75, 3.05) is 26.2 Å². The summed E-state index contributed by atoms with van der Waals surface area (Å²) in [5.74, 6) is 0.678. The van der Waals surface area contributed by atoms with E-state index in [2.05, 4.69) is 103 Å². The van der Waals surface area contributed by atoms with E-state index in [1.54, 1.807) is 0 Å². The quantitative estimate of drug-likeness (QED) is 0.243. The molecular weight excluding hydrogens is 500 g/mol. The Labute approximate surface area is 244 Å². The van der Waals surface area contributed by atoms with Gasteiger partial charge < -0.3 is 10.2 Å². The van der Waals surface area contributed by atoms with Gasteiger partial charge in [-0.25, -0.2) is 0 Å². The van der Waals surface area contributed by atoms with Crippen LogP contribution in [-0.2, 0) is 23.9 Å². The largest absolute Gasteiger partial charge is 0.506 e. The first kappa shape index (κ1) is 33.5. The Bertz CT molecular complexity index is 957. The molecule has 2 aromatic carbocycles. The molecule has 0 saturated heterocycles. The summed E-state index contributed by atoms with van der Waals surface area (Å²) in [5.41, 5.74) is 4.23. The van der Waals surface area contributed by atoms with Gasteiger partial charge in [-0.05, 0) is 86.0 Å². The van der Waals surface area contributed by atoms with E-state index in [4.69, 9.17) is 0 Å². The smallest absolute Gasteiger partial charge is 0.134 e. The summed E-state index contributed by atoms with van der Waals surface area (Å²) in [7, 11) is 0. The first-order chi connectivity index (χ1) is 18.2. The Morgan fingerprint density at radius 1 is 0.564 bits per heavy atom. The van der Waals surface area contributed by atoms with Crippen LogP contribution in [0.5, 0.6) is 11.5 Å². The highest BCUT2D eigenvalue weighted by Gasteiger charge is 2.24. The van der Waals surface area contributed by atoms with Crippen molar-refractivity contribution in [3.05, 3.63) is 46.5 Å². The molecule has 0 aromatic heterocycles. The number of aromatic hydroxyl groups is 2. The zero-order valence-corrected chi connectivity index (χ0v) is 27.4. The topological polar surface area (TPSA) is 46.9 Å². The number of hydrogen-bond acceptors (Lipinski definition) is 5. The van der Waals surface area contributed by atoms with Crippen LogP contribution < -0.4 is 0 Å². The van der Waals surface area contributed by atoms with E-state index < -0.39 is 0 Å². The van der Waals surface area contributed by atoms with Crippen molar-refractivity contribution >= 4 is 11.8 Å². The van der Waals surface area contributed by atoms with E-state index in [1.807, 2.05) is 0 Å². The normalized spacial score (nSPS) is 12.6. The fraction of sp³-hybridized carbons (Fsp3) is 0.647. The fourth-order valence-electron chi connectivity index (χ4n) is 5.00. The molecule has 39 heavy (non-hydrogen) atoms. The van der Waals surface area contributed by atoms with E-state index in [0.717, 1.165) is 85.9 Å². The molecule has 0 aliphatic rings. The number of phenolic OH excluding ortho intramolecular Hbond substituents is 2. The van der Waals surface area contributed by atoms with Crippen molar-refractivity contribution in [2.45, 2.75) is 129 Å². The highest BCUT2D eigenvalue weighted by Crippen LogP contribution is 2.45. The van der Waals surface area contributed by atoms with E-state index >= 15 is 0 Å². The van der Waals surface area contributed by atoms with Gasteiger partial charge in [-0.2, -0.15) is 0 Å². The Morgan fingerprint density at radius 2 is 0.872 bits per heavy atom. The van der Waals surface area contributed by atoms with Crippen LogP contribution in [0.3, 0.4) is 0 Å². The minimum absolute atomic E-state index is 0.0562. The van der Waals surface area contributed by atoms with Crippen LogP contribution in [0.15, 0.2) is 34.1 Å². The first-order valence-corrected chi connectivity index (χ1v) is 15.9. The molecule has 4 nitrogen and oxygen atoms in total. The lowest BCUT2D eigenvalue weighted by molar-refractivity contribution is 0.262. The highest BCUT2D eigenvalue weighted by atomic mass is 32.2. The third-order valence-corrected chi connectivity index (χ3v) is 8.27. The van der Waals surface area contributed by atoms with Gasteiger partial charge in [-0.3, -0.25) is 9.80 Å². The standard InChI is InChI=1S/C34H56N2O2S/c1-11-15-35(16-12-2)23-25-19-27(33(5,6)7)21-29(31(25)37)39-30-22-28(34(8,9)10)20-26(32(30)38)24-36(17-13-3)18-14-4/h19-22,37-38H,11-18,23-24H2,1-10H3. The fourth-order valence-corrected chi connectivity index (χ4v) is 6.06. The van der Waals surface area contributed by atoms with E-state index in [1.165, 1.54) is 22.9 Å². The average molecular weight is 557 g/mol. The molecule has 0 radical (unpaired) electrons. The van der Waals surface area contributed by atoms with Crippen LogP contribution in [0.4, 0.5) is 0 Å². The predicted molar refractivity (Wildman–Crippen MR) is 169 cm³/mol. The molecule has 5 heteroatoms. The molecule has 2 aromatic rings. The van der Waals surface area contributed by atoms with Gasteiger partial charge in [0.1, 0.15) is 11.5 Å². The zero-order chi connectivity index (χ0) is 29.4. The van der Waals surface area contributed by atoms with Crippen LogP contribution in [0.2, 0.25) is 0 Å². The molecule has 0 aliphatic heterocycles. The Balaban J connectivity index is 2.63. The van der Waals surface area contributed by atoms with E-state index in [9.17, 15) is 10.2 Å². The molecule has 0 unspecified atom stereocenters. The van der Waals surface area contributed by atoms with E-state index in [0.29, 0.717) is 11.5 Å². The summed E-state index contributed by atoms with van der Waals surface area (Å²) in [6.07, 6.45) is 4.35. The second-order valence-corrected chi connectivity index (χ2v) is 14.2. The van der Waals surface area contributed by atoms with Crippen LogP contribution in [0.1, 0.15) is 117 Å². The Morgan fingerprint density at radius 3 is 1.13 bits per heavy atom. The molecule has 0 heterocycles. The summed E-state index contributed by atoms with van der Waals surface area (Å²) in [4.78, 5) is 6.50. The molecule has 0 fully saturated rings. The molecular formula is C34H56N2O2S. The van der Waals surface area contributed by atoms with Gasteiger partial charge >= 0.3 is 0 Å². The molecule has 0 aliphatic carbocycles. The Hall–Kier alpha value is -1.69. The number of hydrogen-bond donors (Lipinski definition) is 2. The molecule has 0 spiro atoms. The average Bonchev–Trinajstić information content (AvgIpc) is 2.83. The number of nitrogens with zero attached hydrogens (tertiary/aromatic N) is 2. The number of phenols is 2. The van der Waals surface area contributed by atoms with Crippen LogP contribution in [0.25, 0.3) is 0 Å². The van der Waals surface area contributed by atoms with Crippen LogP contribution >= 0.6 is 11.8 Å². The second-order valence-electron chi connectivity index (χ2n) is 13.1. The van der Waals surface area contributed by atoms with Crippen molar-refractivity contribution in [2.24, 2.45) is 0 Å². The second kappa shape index (κ2) is 14.8. The highest BCUT2D eigenvalue weighted by molar-refractivity contribution is 7.99. The molecule has 0 atom stereocenters. The van der Waals surface area contributed by atoms with Gasteiger partial charge in [0, 0.05) is 24.2 Å². The van der Waals surface area contributed by atoms with Crippen molar-refractivity contribution in [1.29, 1.82) is 0 Å². The molecule has 220 valence electrons. The third-order valence-electron chi connectivity index (χ3n) is 7.21.